The van der Waals surface area contributed by atoms with Crippen LogP contribution in [0.2, 0.25) is 0 Å². The van der Waals surface area contributed by atoms with Crippen molar-refractivity contribution in [1.29, 1.82) is 0 Å². The first-order valence-electron chi connectivity index (χ1n) is 9.87. The average molecular weight is 463 g/mol. The first-order valence-corrected chi connectivity index (χ1v) is 10.7. The van der Waals surface area contributed by atoms with Gasteiger partial charge in [-0.25, -0.2) is 0 Å². The zero-order valence-corrected chi connectivity index (χ0v) is 18.1. The topological polar surface area (TPSA) is 79.4 Å². The Morgan fingerprint density at radius 3 is 2.56 bits per heavy atom. The van der Waals surface area contributed by atoms with Crippen molar-refractivity contribution in [2.75, 3.05) is 0 Å². The molecule has 0 spiro atoms. The molecule has 0 radical (unpaired) electrons. The Labute approximate surface area is 186 Å². The monoisotopic (exact) mass is 463 g/mol. The Balaban J connectivity index is 1.88. The highest BCUT2D eigenvalue weighted by atomic mass is 32.1. The summed E-state index contributed by atoms with van der Waals surface area (Å²) in [5, 5.41) is 3.46. The van der Waals surface area contributed by atoms with Crippen LogP contribution >= 0.6 is 11.3 Å². The lowest BCUT2D eigenvalue weighted by Gasteiger charge is -2.35. The third-order valence-electron chi connectivity index (χ3n) is 5.65. The van der Waals surface area contributed by atoms with E-state index in [0.717, 1.165) is 16.2 Å². The van der Waals surface area contributed by atoms with Gasteiger partial charge < -0.3 is 10.2 Å². The van der Waals surface area contributed by atoms with Gasteiger partial charge in [0.05, 0.1) is 17.0 Å². The van der Waals surface area contributed by atoms with E-state index < -0.39 is 40.3 Å². The highest BCUT2D eigenvalue weighted by Crippen LogP contribution is 2.52. The van der Waals surface area contributed by atoms with Gasteiger partial charge in [0.1, 0.15) is 0 Å². The predicted octanol–water partition coefficient (Wildman–Crippen LogP) is 3.86. The number of carbonyl (C=O) groups is 3. The molecular weight excluding hydrogens is 443 g/mol. The number of hydrogen-bond acceptors (Lipinski definition) is 5. The Bertz CT molecular complexity index is 1110. The Hall–Kier alpha value is -3.01. The number of amides is 2. The second-order valence-electron chi connectivity index (χ2n) is 8.69. The van der Waals surface area contributed by atoms with E-state index in [-0.39, 0.29) is 30.0 Å². The van der Waals surface area contributed by atoms with Crippen LogP contribution in [0.5, 0.6) is 0 Å². The number of aromatic nitrogens is 1. The normalized spacial score (nSPS) is 22.8. The van der Waals surface area contributed by atoms with Crippen LogP contribution in [0.1, 0.15) is 41.9 Å². The van der Waals surface area contributed by atoms with Crippen LogP contribution in [0.3, 0.4) is 0 Å². The molecule has 0 saturated carbocycles. The average Bonchev–Trinajstić information content (AvgIpc) is 3.30. The van der Waals surface area contributed by atoms with Crippen molar-refractivity contribution in [3.63, 3.8) is 0 Å². The molecule has 10 heteroatoms. The van der Waals surface area contributed by atoms with Crippen LogP contribution in [-0.4, -0.2) is 39.2 Å². The van der Waals surface area contributed by atoms with E-state index in [1.165, 1.54) is 24.5 Å². The molecule has 2 aromatic heterocycles. The molecule has 4 rings (SSSR count). The molecule has 0 fully saturated rings. The SMILES string of the molecule is CC1(C)CC(=O)C2=C(C1)N(Cc1cccnc1)C(=O)[C@@]2(NC(=O)c1cccs1)C(F)(F)F. The van der Waals surface area contributed by atoms with Gasteiger partial charge in [-0.3, -0.25) is 19.4 Å². The van der Waals surface area contributed by atoms with Crippen LogP contribution in [-0.2, 0) is 16.1 Å². The van der Waals surface area contributed by atoms with E-state index in [4.69, 9.17) is 0 Å². The largest absolute Gasteiger partial charge is 0.425 e. The number of alkyl halides is 3. The van der Waals surface area contributed by atoms with E-state index in [2.05, 4.69) is 4.98 Å². The molecule has 1 N–H and O–H groups in total. The quantitative estimate of drug-likeness (QED) is 0.747. The van der Waals surface area contributed by atoms with Crippen LogP contribution < -0.4 is 5.32 Å². The number of halogens is 3. The third kappa shape index (κ3) is 3.52. The smallest absolute Gasteiger partial charge is 0.326 e. The lowest BCUT2D eigenvalue weighted by molar-refractivity contribution is -0.190. The summed E-state index contributed by atoms with van der Waals surface area (Å²) in [6, 6.07) is 6.12. The van der Waals surface area contributed by atoms with Gasteiger partial charge in [-0.05, 0) is 34.9 Å². The number of nitrogens with one attached hydrogen (secondary N) is 1. The first kappa shape index (κ1) is 22.2. The summed E-state index contributed by atoms with van der Waals surface area (Å²) in [4.78, 5) is 44.2. The molecule has 0 aromatic carbocycles. The zero-order chi connectivity index (χ0) is 23.3. The molecule has 1 atom stereocenters. The minimum atomic E-state index is -5.22. The standard InChI is InChI=1S/C22H20F3N3O3S/c1-20(2)9-14-17(15(29)10-20)21(22(23,24)25,27-18(30)16-6-4-8-32-16)19(31)28(14)12-13-5-3-7-26-11-13/h3-8,11H,9-10,12H2,1-2H3,(H,27,30)/t21-/m1/s1. The number of nitrogens with zero attached hydrogens (tertiary/aromatic N) is 2. The fourth-order valence-corrected chi connectivity index (χ4v) is 4.93. The van der Waals surface area contributed by atoms with Crippen LogP contribution in [0.25, 0.3) is 0 Å². The maximum absolute atomic E-state index is 14.7. The molecule has 168 valence electrons. The van der Waals surface area contributed by atoms with Gasteiger partial charge in [-0.15, -0.1) is 11.3 Å². The number of rotatable bonds is 4. The highest BCUT2D eigenvalue weighted by Gasteiger charge is 2.71. The second-order valence-corrected chi connectivity index (χ2v) is 9.64. The number of ketones is 1. The summed E-state index contributed by atoms with van der Waals surface area (Å²) < 4.78 is 44.0. The number of Topliss-reactive ketones (excluding diaryl/α,β-unsaturated/α-hetero) is 1. The Kier molecular flexibility index (Phi) is 5.23. The van der Waals surface area contributed by atoms with E-state index >= 15 is 0 Å². The number of hydrogen-bond donors (Lipinski definition) is 1. The Morgan fingerprint density at radius 2 is 1.97 bits per heavy atom. The minimum absolute atomic E-state index is 0.00362. The maximum Gasteiger partial charge on any atom is 0.425 e. The molecule has 0 saturated heterocycles. The lowest BCUT2D eigenvalue weighted by Crippen LogP contribution is -2.66. The molecule has 2 aliphatic rings. The molecule has 32 heavy (non-hydrogen) atoms. The summed E-state index contributed by atoms with van der Waals surface area (Å²) in [6.07, 6.45) is -2.34. The third-order valence-corrected chi connectivity index (χ3v) is 6.52. The first-order chi connectivity index (χ1) is 15.0. The maximum atomic E-state index is 14.7. The molecule has 2 aromatic rings. The van der Waals surface area contributed by atoms with Gasteiger partial charge in [0.2, 0.25) is 5.54 Å². The van der Waals surface area contributed by atoms with Crippen LogP contribution in [0.15, 0.2) is 53.3 Å². The van der Waals surface area contributed by atoms with Crippen molar-refractivity contribution >= 4 is 28.9 Å². The molecule has 3 heterocycles. The molecule has 1 aliphatic heterocycles. The van der Waals surface area contributed by atoms with Crippen LogP contribution in [0.4, 0.5) is 13.2 Å². The van der Waals surface area contributed by atoms with Crippen molar-refractivity contribution in [2.45, 2.75) is 44.9 Å². The molecule has 0 bridgehead atoms. The van der Waals surface area contributed by atoms with Crippen LogP contribution in [0, 0.1) is 5.41 Å². The Morgan fingerprint density at radius 1 is 1.22 bits per heavy atom. The van der Waals surface area contributed by atoms with Crippen molar-refractivity contribution in [2.24, 2.45) is 5.41 Å². The number of pyridine rings is 1. The summed E-state index contributed by atoms with van der Waals surface area (Å²) >= 11 is 0.945. The van der Waals surface area contributed by atoms with Gasteiger partial charge in [0.15, 0.2) is 5.78 Å². The predicted molar refractivity (Wildman–Crippen MR) is 110 cm³/mol. The van der Waals surface area contributed by atoms with E-state index in [0.29, 0.717) is 5.56 Å². The molecule has 2 amide bonds. The summed E-state index contributed by atoms with van der Waals surface area (Å²) in [5.74, 6) is -3.23. The zero-order valence-electron chi connectivity index (χ0n) is 17.3. The van der Waals surface area contributed by atoms with Gasteiger partial charge in [0, 0.05) is 24.5 Å². The van der Waals surface area contributed by atoms with Crippen molar-refractivity contribution in [3.8, 4) is 0 Å². The van der Waals surface area contributed by atoms with E-state index in [1.807, 2.05) is 5.32 Å². The number of carbonyl (C=O) groups excluding carboxylic acids is 3. The molecule has 6 nitrogen and oxygen atoms in total. The highest BCUT2D eigenvalue weighted by molar-refractivity contribution is 7.12. The fraction of sp³-hybridized carbons (Fsp3) is 0.364. The molecular formula is C22H20F3N3O3S. The summed E-state index contributed by atoms with van der Waals surface area (Å²) in [6.45, 7) is 3.33. The van der Waals surface area contributed by atoms with Crippen molar-refractivity contribution < 1.29 is 27.6 Å². The van der Waals surface area contributed by atoms with E-state index in [9.17, 15) is 27.6 Å². The van der Waals surface area contributed by atoms with Crippen molar-refractivity contribution in [1.82, 2.24) is 15.2 Å². The van der Waals surface area contributed by atoms with Gasteiger partial charge >= 0.3 is 6.18 Å². The molecule has 1 aliphatic carbocycles. The van der Waals surface area contributed by atoms with Gasteiger partial charge in [-0.1, -0.05) is 26.0 Å². The molecule has 0 unspecified atom stereocenters. The number of allylic oxidation sites excluding steroid dienone is 1. The summed E-state index contributed by atoms with van der Waals surface area (Å²) in [5.41, 5.74) is -4.24. The van der Waals surface area contributed by atoms with Crippen molar-refractivity contribution in [3.05, 3.63) is 63.7 Å². The number of thiophene rings is 1. The fourth-order valence-electron chi connectivity index (χ4n) is 4.31. The lowest BCUT2D eigenvalue weighted by atomic mass is 9.72. The van der Waals surface area contributed by atoms with E-state index in [1.54, 1.807) is 31.4 Å². The minimum Gasteiger partial charge on any atom is -0.326 e. The van der Waals surface area contributed by atoms with Gasteiger partial charge in [-0.2, -0.15) is 13.2 Å². The van der Waals surface area contributed by atoms with Gasteiger partial charge in [0.25, 0.3) is 11.8 Å². The summed E-state index contributed by atoms with van der Waals surface area (Å²) in [7, 11) is 0. The second kappa shape index (κ2) is 7.54.